The molecule has 0 aromatic carbocycles. The van der Waals surface area contributed by atoms with Gasteiger partial charge in [0, 0.05) is 18.0 Å². The van der Waals surface area contributed by atoms with Crippen LogP contribution in [0.2, 0.25) is 0 Å². The first-order valence-corrected chi connectivity index (χ1v) is 5.51. The SMILES string of the molecule is CCCC(C)C(=O)NC(C)(CC)CN. The van der Waals surface area contributed by atoms with Crippen molar-refractivity contribution in [3.63, 3.8) is 0 Å². The lowest BCUT2D eigenvalue weighted by Gasteiger charge is -2.29. The highest BCUT2D eigenvalue weighted by Gasteiger charge is 2.24. The van der Waals surface area contributed by atoms with Crippen LogP contribution in [0.25, 0.3) is 0 Å². The Balaban J connectivity index is 4.15. The molecule has 3 nitrogen and oxygen atoms in total. The van der Waals surface area contributed by atoms with Gasteiger partial charge in [0.05, 0.1) is 0 Å². The van der Waals surface area contributed by atoms with E-state index in [0.717, 1.165) is 19.3 Å². The third-order valence-electron chi connectivity index (χ3n) is 2.83. The highest BCUT2D eigenvalue weighted by molar-refractivity contribution is 5.79. The van der Waals surface area contributed by atoms with Crippen LogP contribution in [0, 0.1) is 5.92 Å². The smallest absolute Gasteiger partial charge is 0.223 e. The molecule has 2 atom stereocenters. The Morgan fingerprint density at radius 1 is 1.50 bits per heavy atom. The first-order chi connectivity index (χ1) is 6.49. The zero-order chi connectivity index (χ0) is 11.2. The van der Waals surface area contributed by atoms with E-state index in [1.165, 1.54) is 0 Å². The second-order valence-electron chi connectivity index (χ2n) is 4.30. The van der Waals surface area contributed by atoms with Gasteiger partial charge in [-0.05, 0) is 19.8 Å². The predicted octanol–water partition coefficient (Wildman–Crippen LogP) is 1.67. The molecule has 0 aromatic rings. The highest BCUT2D eigenvalue weighted by Crippen LogP contribution is 2.11. The molecule has 0 fully saturated rings. The maximum Gasteiger partial charge on any atom is 0.223 e. The molecule has 0 saturated heterocycles. The summed E-state index contributed by atoms with van der Waals surface area (Å²) in [6.07, 6.45) is 2.85. The molecule has 2 unspecified atom stereocenters. The Kier molecular flexibility index (Phi) is 5.77. The van der Waals surface area contributed by atoms with Gasteiger partial charge in [-0.15, -0.1) is 0 Å². The van der Waals surface area contributed by atoms with Crippen molar-refractivity contribution in [1.82, 2.24) is 5.32 Å². The molecule has 0 bridgehead atoms. The molecule has 0 aliphatic heterocycles. The summed E-state index contributed by atoms with van der Waals surface area (Å²) in [5, 5.41) is 3.01. The van der Waals surface area contributed by atoms with Crippen LogP contribution in [0.3, 0.4) is 0 Å². The largest absolute Gasteiger partial charge is 0.349 e. The summed E-state index contributed by atoms with van der Waals surface area (Å²) < 4.78 is 0. The molecule has 84 valence electrons. The number of amides is 1. The Morgan fingerprint density at radius 3 is 2.43 bits per heavy atom. The molecule has 0 heterocycles. The lowest BCUT2D eigenvalue weighted by molar-refractivity contribution is -0.126. The van der Waals surface area contributed by atoms with E-state index in [4.69, 9.17) is 5.73 Å². The minimum Gasteiger partial charge on any atom is -0.349 e. The molecule has 3 N–H and O–H groups in total. The topological polar surface area (TPSA) is 55.1 Å². The Hall–Kier alpha value is -0.570. The molecule has 0 saturated carbocycles. The molecule has 0 aromatic heterocycles. The van der Waals surface area contributed by atoms with Gasteiger partial charge in [0.25, 0.3) is 0 Å². The second kappa shape index (κ2) is 6.02. The van der Waals surface area contributed by atoms with Crippen molar-refractivity contribution < 1.29 is 4.79 Å². The lowest BCUT2D eigenvalue weighted by atomic mass is 9.97. The number of nitrogens with two attached hydrogens (primary N) is 1. The summed E-state index contributed by atoms with van der Waals surface area (Å²) in [5.41, 5.74) is 5.39. The van der Waals surface area contributed by atoms with Crippen LogP contribution in [-0.2, 0) is 4.79 Å². The quantitative estimate of drug-likeness (QED) is 0.685. The van der Waals surface area contributed by atoms with Gasteiger partial charge in [0.2, 0.25) is 5.91 Å². The van der Waals surface area contributed by atoms with Crippen LogP contribution in [0.4, 0.5) is 0 Å². The van der Waals surface area contributed by atoms with E-state index in [-0.39, 0.29) is 17.4 Å². The molecule has 0 aliphatic rings. The van der Waals surface area contributed by atoms with Gasteiger partial charge in [-0.25, -0.2) is 0 Å². The maximum absolute atomic E-state index is 11.7. The van der Waals surface area contributed by atoms with Gasteiger partial charge in [-0.3, -0.25) is 4.79 Å². The van der Waals surface area contributed by atoms with Gasteiger partial charge < -0.3 is 11.1 Å². The molecule has 0 aliphatic carbocycles. The highest BCUT2D eigenvalue weighted by atomic mass is 16.2. The summed E-state index contributed by atoms with van der Waals surface area (Å²) in [6.45, 7) is 8.58. The van der Waals surface area contributed by atoms with Crippen LogP contribution in [0.5, 0.6) is 0 Å². The number of rotatable bonds is 6. The molecule has 0 spiro atoms. The van der Waals surface area contributed by atoms with Crippen molar-refractivity contribution >= 4 is 5.91 Å². The number of carbonyl (C=O) groups is 1. The zero-order valence-electron chi connectivity index (χ0n) is 9.89. The van der Waals surface area contributed by atoms with Gasteiger partial charge in [0.15, 0.2) is 0 Å². The summed E-state index contributed by atoms with van der Waals surface area (Å²) in [4.78, 5) is 11.7. The normalized spacial score (nSPS) is 17.2. The van der Waals surface area contributed by atoms with E-state index in [1.54, 1.807) is 0 Å². The average Bonchev–Trinajstić information content (AvgIpc) is 2.18. The summed E-state index contributed by atoms with van der Waals surface area (Å²) >= 11 is 0. The van der Waals surface area contributed by atoms with Crippen molar-refractivity contribution in [2.75, 3.05) is 6.54 Å². The van der Waals surface area contributed by atoms with E-state index in [0.29, 0.717) is 6.54 Å². The van der Waals surface area contributed by atoms with Crippen LogP contribution < -0.4 is 11.1 Å². The zero-order valence-corrected chi connectivity index (χ0v) is 9.89. The maximum atomic E-state index is 11.7. The minimum atomic E-state index is -0.237. The Labute approximate surface area is 87.4 Å². The van der Waals surface area contributed by atoms with Crippen molar-refractivity contribution in [3.8, 4) is 0 Å². The summed E-state index contributed by atoms with van der Waals surface area (Å²) in [5.74, 6) is 0.221. The molecular weight excluding hydrogens is 176 g/mol. The number of hydrogen-bond acceptors (Lipinski definition) is 2. The summed E-state index contributed by atoms with van der Waals surface area (Å²) in [7, 11) is 0. The van der Waals surface area contributed by atoms with E-state index >= 15 is 0 Å². The Bertz CT molecular complexity index is 176. The standard InChI is InChI=1S/C11H24N2O/c1-5-7-9(3)10(14)13-11(4,6-2)8-12/h9H,5-8,12H2,1-4H3,(H,13,14). The van der Waals surface area contributed by atoms with Crippen LogP contribution in [-0.4, -0.2) is 18.0 Å². The van der Waals surface area contributed by atoms with Crippen LogP contribution in [0.15, 0.2) is 0 Å². The average molecular weight is 200 g/mol. The van der Waals surface area contributed by atoms with Crippen molar-refractivity contribution in [1.29, 1.82) is 0 Å². The third kappa shape index (κ3) is 4.09. The number of carbonyl (C=O) groups excluding carboxylic acids is 1. The van der Waals surface area contributed by atoms with E-state index in [2.05, 4.69) is 12.2 Å². The van der Waals surface area contributed by atoms with Gasteiger partial charge >= 0.3 is 0 Å². The minimum absolute atomic E-state index is 0.0948. The van der Waals surface area contributed by atoms with Gasteiger partial charge in [0.1, 0.15) is 0 Å². The summed E-state index contributed by atoms with van der Waals surface area (Å²) in [6, 6.07) is 0. The fourth-order valence-corrected chi connectivity index (χ4v) is 1.27. The fraction of sp³-hybridized carbons (Fsp3) is 0.909. The molecule has 0 radical (unpaired) electrons. The molecule has 14 heavy (non-hydrogen) atoms. The molecule has 3 heteroatoms. The predicted molar refractivity (Wildman–Crippen MR) is 60.0 cm³/mol. The lowest BCUT2D eigenvalue weighted by Crippen LogP contribution is -2.52. The second-order valence-corrected chi connectivity index (χ2v) is 4.30. The van der Waals surface area contributed by atoms with Crippen LogP contribution >= 0.6 is 0 Å². The van der Waals surface area contributed by atoms with Gasteiger partial charge in [-0.2, -0.15) is 0 Å². The van der Waals surface area contributed by atoms with E-state index in [9.17, 15) is 4.79 Å². The van der Waals surface area contributed by atoms with Crippen molar-refractivity contribution in [2.24, 2.45) is 11.7 Å². The first kappa shape index (κ1) is 13.4. The van der Waals surface area contributed by atoms with E-state index in [1.807, 2.05) is 20.8 Å². The molecule has 1 amide bonds. The number of nitrogens with one attached hydrogen (secondary N) is 1. The first-order valence-electron chi connectivity index (χ1n) is 5.51. The molecule has 0 rings (SSSR count). The Morgan fingerprint density at radius 2 is 2.07 bits per heavy atom. The number of hydrogen-bond donors (Lipinski definition) is 2. The van der Waals surface area contributed by atoms with E-state index < -0.39 is 0 Å². The van der Waals surface area contributed by atoms with Crippen molar-refractivity contribution in [2.45, 2.75) is 52.5 Å². The monoisotopic (exact) mass is 200 g/mol. The van der Waals surface area contributed by atoms with Crippen molar-refractivity contribution in [3.05, 3.63) is 0 Å². The van der Waals surface area contributed by atoms with Crippen LogP contribution in [0.1, 0.15) is 47.0 Å². The third-order valence-corrected chi connectivity index (χ3v) is 2.83. The molecular formula is C11H24N2O. The van der Waals surface area contributed by atoms with Gasteiger partial charge in [-0.1, -0.05) is 27.2 Å². The fourth-order valence-electron chi connectivity index (χ4n) is 1.27.